The third kappa shape index (κ3) is 3.92. The first-order valence-corrected chi connectivity index (χ1v) is 8.02. The van der Waals surface area contributed by atoms with Crippen LogP contribution in [-0.2, 0) is 4.74 Å². The average Bonchev–Trinajstić information content (AvgIpc) is 3.24. The third-order valence-electron chi connectivity index (χ3n) is 4.54. The van der Waals surface area contributed by atoms with Crippen molar-refractivity contribution in [3.63, 3.8) is 0 Å². The highest BCUT2D eigenvalue weighted by molar-refractivity contribution is 5.68. The van der Waals surface area contributed by atoms with Crippen molar-refractivity contribution in [3.05, 3.63) is 29.8 Å². The van der Waals surface area contributed by atoms with Crippen LogP contribution in [-0.4, -0.2) is 36.3 Å². The van der Waals surface area contributed by atoms with Gasteiger partial charge in [-0.15, -0.1) is 0 Å². The van der Waals surface area contributed by atoms with Gasteiger partial charge in [-0.3, -0.25) is 0 Å². The summed E-state index contributed by atoms with van der Waals surface area (Å²) in [5.41, 5.74) is -0.264. The number of benzene rings is 1. The zero-order valence-corrected chi connectivity index (χ0v) is 13.2. The maximum absolute atomic E-state index is 13.5. The summed E-state index contributed by atoms with van der Waals surface area (Å²) in [5.74, 6) is -1.53. The minimum Gasteiger partial charge on any atom is -0.487 e. The summed E-state index contributed by atoms with van der Waals surface area (Å²) in [6.07, 6.45) is 3.07. The fraction of sp³-hybridized carbons (Fsp3) is 0.588. The molecule has 2 aliphatic rings. The minimum absolute atomic E-state index is 0.176. The fourth-order valence-electron chi connectivity index (χ4n) is 2.66. The van der Waals surface area contributed by atoms with E-state index in [9.17, 15) is 13.6 Å². The van der Waals surface area contributed by atoms with Crippen molar-refractivity contribution >= 4 is 6.09 Å². The van der Waals surface area contributed by atoms with E-state index in [0.717, 1.165) is 25.7 Å². The predicted octanol–water partition coefficient (Wildman–Crippen LogP) is 3.74. The van der Waals surface area contributed by atoms with Gasteiger partial charge in [0.2, 0.25) is 0 Å². The number of ether oxygens (including phenoxy) is 2. The molecule has 1 aromatic rings. The zero-order chi connectivity index (χ0) is 16.4. The maximum Gasteiger partial charge on any atom is 0.410 e. The molecule has 6 heteroatoms. The molecule has 23 heavy (non-hydrogen) atoms. The van der Waals surface area contributed by atoms with Crippen LogP contribution < -0.4 is 4.74 Å². The predicted molar refractivity (Wildman–Crippen MR) is 80.3 cm³/mol. The molecule has 1 saturated heterocycles. The zero-order valence-electron chi connectivity index (χ0n) is 13.2. The number of hydrogen-bond acceptors (Lipinski definition) is 3. The van der Waals surface area contributed by atoms with Gasteiger partial charge in [-0.2, -0.15) is 0 Å². The van der Waals surface area contributed by atoms with E-state index < -0.39 is 11.6 Å². The summed E-state index contributed by atoms with van der Waals surface area (Å²) >= 11 is 0. The number of carbonyl (C=O) groups excluding carboxylic acids is 1. The van der Waals surface area contributed by atoms with Crippen molar-refractivity contribution in [2.45, 2.75) is 38.2 Å². The number of nitrogens with zero attached hydrogens (tertiary/aromatic N) is 1. The molecule has 0 bridgehead atoms. The van der Waals surface area contributed by atoms with E-state index in [0.29, 0.717) is 13.1 Å². The molecule has 0 N–H and O–H groups in total. The highest BCUT2D eigenvalue weighted by Crippen LogP contribution is 2.39. The van der Waals surface area contributed by atoms with Crippen molar-refractivity contribution in [1.82, 2.24) is 4.90 Å². The van der Waals surface area contributed by atoms with E-state index in [1.807, 2.05) is 6.92 Å². The van der Waals surface area contributed by atoms with Gasteiger partial charge in [-0.1, -0.05) is 6.07 Å². The number of piperidine rings is 1. The summed E-state index contributed by atoms with van der Waals surface area (Å²) in [6.45, 7) is 3.36. The van der Waals surface area contributed by atoms with Crippen molar-refractivity contribution in [2.24, 2.45) is 5.92 Å². The number of halogens is 2. The number of rotatable bonds is 4. The Morgan fingerprint density at radius 2 is 1.87 bits per heavy atom. The van der Waals surface area contributed by atoms with E-state index in [1.54, 1.807) is 4.90 Å². The van der Waals surface area contributed by atoms with Crippen LogP contribution in [0.1, 0.15) is 32.6 Å². The summed E-state index contributed by atoms with van der Waals surface area (Å²) in [7, 11) is 0. The molecule has 1 aromatic carbocycles. The van der Waals surface area contributed by atoms with E-state index in [2.05, 4.69) is 0 Å². The molecular formula is C17H21F2NO3. The largest absolute Gasteiger partial charge is 0.487 e. The van der Waals surface area contributed by atoms with Crippen LogP contribution in [0.4, 0.5) is 13.6 Å². The van der Waals surface area contributed by atoms with Crippen LogP contribution in [0.25, 0.3) is 0 Å². The second-order valence-corrected chi connectivity index (χ2v) is 6.61. The second-order valence-electron chi connectivity index (χ2n) is 6.61. The smallest absolute Gasteiger partial charge is 0.410 e. The van der Waals surface area contributed by atoms with Gasteiger partial charge in [0, 0.05) is 13.1 Å². The molecule has 1 aliphatic carbocycles. The van der Waals surface area contributed by atoms with E-state index in [1.165, 1.54) is 18.2 Å². The standard InChI is InChI=1S/C17H21F2NO3/c1-17(7-8-17)23-16(21)20-9-5-12(6-10-20)11-22-15-13(18)3-2-4-14(15)19/h2-4,12H,5-11H2,1H3. The molecule has 0 atom stereocenters. The molecule has 0 spiro atoms. The molecule has 3 rings (SSSR count). The summed E-state index contributed by atoms with van der Waals surface area (Å²) in [5, 5.41) is 0. The van der Waals surface area contributed by atoms with Crippen molar-refractivity contribution < 1.29 is 23.0 Å². The monoisotopic (exact) mass is 325 g/mol. The van der Waals surface area contributed by atoms with Crippen molar-refractivity contribution in [3.8, 4) is 5.75 Å². The van der Waals surface area contributed by atoms with Crippen molar-refractivity contribution in [2.75, 3.05) is 19.7 Å². The summed E-state index contributed by atoms with van der Waals surface area (Å²) < 4.78 is 37.8. The molecule has 4 nitrogen and oxygen atoms in total. The normalized spacial score (nSPS) is 20.2. The summed E-state index contributed by atoms with van der Waals surface area (Å²) in [6, 6.07) is 3.66. The van der Waals surface area contributed by atoms with Crippen LogP contribution >= 0.6 is 0 Å². The molecule has 0 aromatic heterocycles. The van der Waals surface area contributed by atoms with Crippen LogP contribution in [0.2, 0.25) is 0 Å². The van der Waals surface area contributed by atoms with Crippen LogP contribution in [0.3, 0.4) is 0 Å². The fourth-order valence-corrected chi connectivity index (χ4v) is 2.66. The lowest BCUT2D eigenvalue weighted by Gasteiger charge is -2.32. The molecule has 1 aliphatic heterocycles. The minimum atomic E-state index is -0.691. The molecule has 1 heterocycles. The molecular weight excluding hydrogens is 304 g/mol. The maximum atomic E-state index is 13.5. The Labute approximate surface area is 134 Å². The van der Waals surface area contributed by atoms with Gasteiger partial charge in [-0.05, 0) is 50.7 Å². The topological polar surface area (TPSA) is 38.8 Å². The number of likely N-dealkylation sites (tertiary alicyclic amines) is 1. The van der Waals surface area contributed by atoms with Gasteiger partial charge in [0.05, 0.1) is 6.61 Å². The lowest BCUT2D eigenvalue weighted by atomic mass is 9.98. The Bertz CT molecular complexity index is 561. The lowest BCUT2D eigenvalue weighted by Crippen LogP contribution is -2.41. The Morgan fingerprint density at radius 3 is 2.43 bits per heavy atom. The molecule has 126 valence electrons. The first kappa shape index (κ1) is 16.0. The van der Waals surface area contributed by atoms with Gasteiger partial charge < -0.3 is 14.4 Å². The molecule has 1 amide bonds. The Kier molecular flexibility index (Phi) is 4.41. The quantitative estimate of drug-likeness (QED) is 0.846. The van der Waals surface area contributed by atoms with E-state index in [-0.39, 0.29) is 30.0 Å². The first-order valence-electron chi connectivity index (χ1n) is 8.02. The second kappa shape index (κ2) is 6.34. The number of amides is 1. The van der Waals surface area contributed by atoms with Gasteiger partial charge in [0.25, 0.3) is 0 Å². The van der Waals surface area contributed by atoms with Gasteiger partial charge in [0.1, 0.15) is 5.60 Å². The van der Waals surface area contributed by atoms with Crippen LogP contribution in [0.15, 0.2) is 18.2 Å². The highest BCUT2D eigenvalue weighted by Gasteiger charge is 2.43. The SMILES string of the molecule is CC1(OC(=O)N2CCC(COc3c(F)cccc3F)CC2)CC1. The Morgan fingerprint density at radius 1 is 1.26 bits per heavy atom. The number of hydrogen-bond donors (Lipinski definition) is 0. The van der Waals surface area contributed by atoms with Crippen LogP contribution in [0.5, 0.6) is 5.75 Å². The lowest BCUT2D eigenvalue weighted by molar-refractivity contribution is 0.0453. The highest BCUT2D eigenvalue weighted by atomic mass is 19.1. The third-order valence-corrected chi connectivity index (χ3v) is 4.54. The Hall–Kier alpha value is -1.85. The van der Waals surface area contributed by atoms with E-state index in [4.69, 9.17) is 9.47 Å². The van der Waals surface area contributed by atoms with E-state index >= 15 is 0 Å². The van der Waals surface area contributed by atoms with Gasteiger partial charge >= 0.3 is 6.09 Å². The average molecular weight is 325 g/mol. The van der Waals surface area contributed by atoms with Crippen molar-refractivity contribution in [1.29, 1.82) is 0 Å². The van der Waals surface area contributed by atoms with Gasteiger partial charge in [-0.25, -0.2) is 13.6 Å². The first-order chi connectivity index (χ1) is 11.0. The number of carbonyl (C=O) groups is 1. The molecule has 0 unspecified atom stereocenters. The summed E-state index contributed by atoms with van der Waals surface area (Å²) in [4.78, 5) is 13.7. The Balaban J connectivity index is 1.45. The molecule has 0 radical (unpaired) electrons. The van der Waals surface area contributed by atoms with Crippen LogP contribution in [0, 0.1) is 17.6 Å². The van der Waals surface area contributed by atoms with Gasteiger partial charge in [0.15, 0.2) is 17.4 Å². The molecule has 1 saturated carbocycles. The number of para-hydroxylation sites is 1. The molecule has 2 fully saturated rings.